The van der Waals surface area contributed by atoms with Crippen molar-refractivity contribution >= 4 is 11.7 Å². The normalized spacial score (nSPS) is 14.3. The van der Waals surface area contributed by atoms with Crippen LogP contribution >= 0.6 is 0 Å². The van der Waals surface area contributed by atoms with Crippen molar-refractivity contribution in [3.05, 3.63) is 41.7 Å². The zero-order chi connectivity index (χ0) is 18.5. The molecule has 0 saturated carbocycles. The standard InChI is InChI=1S/C19H24N4O3/c1-14-5-4-6-16(11-14)26-13-19(24)23-9-7-22(8-10-23)17-12-18(25-3)21-15(2)20-17/h4-6,11-12H,7-10,13H2,1-3H3. The van der Waals surface area contributed by atoms with E-state index in [1.807, 2.05) is 49.1 Å². The van der Waals surface area contributed by atoms with Crippen LogP contribution in [0.3, 0.4) is 0 Å². The third kappa shape index (κ3) is 4.41. The summed E-state index contributed by atoms with van der Waals surface area (Å²) in [6.07, 6.45) is 0. The first-order chi connectivity index (χ1) is 12.5. The largest absolute Gasteiger partial charge is 0.484 e. The average molecular weight is 356 g/mol. The fraction of sp³-hybridized carbons (Fsp3) is 0.421. The summed E-state index contributed by atoms with van der Waals surface area (Å²) in [5.41, 5.74) is 1.11. The number of benzene rings is 1. The molecular formula is C19H24N4O3. The Kier molecular flexibility index (Phi) is 5.55. The summed E-state index contributed by atoms with van der Waals surface area (Å²) >= 11 is 0. The predicted octanol–water partition coefficient (Wildman–Crippen LogP) is 1.83. The third-order valence-electron chi connectivity index (χ3n) is 4.32. The lowest BCUT2D eigenvalue weighted by Gasteiger charge is -2.35. The summed E-state index contributed by atoms with van der Waals surface area (Å²) < 4.78 is 10.8. The second-order valence-electron chi connectivity index (χ2n) is 6.29. The molecule has 1 aliphatic heterocycles. The van der Waals surface area contributed by atoms with E-state index >= 15 is 0 Å². The molecule has 1 amide bonds. The molecule has 0 radical (unpaired) electrons. The van der Waals surface area contributed by atoms with Crippen LogP contribution in [0.25, 0.3) is 0 Å². The Morgan fingerprint density at radius 1 is 1.12 bits per heavy atom. The van der Waals surface area contributed by atoms with E-state index in [4.69, 9.17) is 9.47 Å². The van der Waals surface area contributed by atoms with Crippen LogP contribution in [-0.4, -0.2) is 60.7 Å². The molecule has 1 aliphatic rings. The molecule has 26 heavy (non-hydrogen) atoms. The number of rotatable bonds is 5. The molecule has 7 heteroatoms. The number of methoxy groups -OCH3 is 1. The molecule has 7 nitrogen and oxygen atoms in total. The molecule has 138 valence electrons. The van der Waals surface area contributed by atoms with E-state index < -0.39 is 0 Å². The lowest BCUT2D eigenvalue weighted by Crippen LogP contribution is -2.50. The van der Waals surface area contributed by atoms with E-state index in [1.54, 1.807) is 7.11 Å². The first-order valence-electron chi connectivity index (χ1n) is 8.67. The van der Waals surface area contributed by atoms with Gasteiger partial charge in [-0.2, -0.15) is 4.98 Å². The topological polar surface area (TPSA) is 67.8 Å². The van der Waals surface area contributed by atoms with Crippen LogP contribution in [0.1, 0.15) is 11.4 Å². The number of carbonyl (C=O) groups excluding carboxylic acids is 1. The summed E-state index contributed by atoms with van der Waals surface area (Å²) in [5.74, 6) is 2.78. The number of anilines is 1. The predicted molar refractivity (Wildman–Crippen MR) is 98.8 cm³/mol. The molecule has 1 aromatic carbocycles. The van der Waals surface area contributed by atoms with Gasteiger partial charge in [0.25, 0.3) is 5.91 Å². The summed E-state index contributed by atoms with van der Waals surface area (Å²) in [6, 6.07) is 9.54. The lowest BCUT2D eigenvalue weighted by molar-refractivity contribution is -0.133. The smallest absolute Gasteiger partial charge is 0.260 e. The zero-order valence-corrected chi connectivity index (χ0v) is 15.4. The van der Waals surface area contributed by atoms with Gasteiger partial charge in [-0.15, -0.1) is 0 Å². The maximum absolute atomic E-state index is 12.4. The van der Waals surface area contributed by atoms with E-state index in [1.165, 1.54) is 0 Å². The summed E-state index contributed by atoms with van der Waals surface area (Å²) in [7, 11) is 1.59. The van der Waals surface area contributed by atoms with E-state index in [0.29, 0.717) is 24.8 Å². The van der Waals surface area contributed by atoms with Gasteiger partial charge in [0.1, 0.15) is 17.4 Å². The van der Waals surface area contributed by atoms with Gasteiger partial charge >= 0.3 is 0 Å². The number of hydrogen-bond donors (Lipinski definition) is 0. The number of carbonyl (C=O) groups is 1. The second kappa shape index (κ2) is 8.03. The fourth-order valence-electron chi connectivity index (χ4n) is 2.92. The molecule has 0 N–H and O–H groups in total. The summed E-state index contributed by atoms with van der Waals surface area (Å²) in [5, 5.41) is 0. The number of ether oxygens (including phenoxy) is 2. The minimum absolute atomic E-state index is 0.00241. The highest BCUT2D eigenvalue weighted by Crippen LogP contribution is 2.19. The van der Waals surface area contributed by atoms with Gasteiger partial charge in [-0.25, -0.2) is 4.98 Å². The molecule has 0 spiro atoms. The number of aromatic nitrogens is 2. The van der Waals surface area contributed by atoms with Gasteiger partial charge in [0.15, 0.2) is 6.61 Å². The maximum atomic E-state index is 12.4. The van der Waals surface area contributed by atoms with Crippen LogP contribution in [0.15, 0.2) is 30.3 Å². The van der Waals surface area contributed by atoms with E-state index in [-0.39, 0.29) is 12.5 Å². The van der Waals surface area contributed by atoms with Crippen molar-refractivity contribution in [3.8, 4) is 11.6 Å². The molecule has 0 aliphatic carbocycles. The van der Waals surface area contributed by atoms with Crippen molar-refractivity contribution in [1.82, 2.24) is 14.9 Å². The van der Waals surface area contributed by atoms with Crippen LogP contribution in [0.5, 0.6) is 11.6 Å². The van der Waals surface area contributed by atoms with Crippen molar-refractivity contribution in [2.45, 2.75) is 13.8 Å². The summed E-state index contributed by atoms with van der Waals surface area (Å²) in [6.45, 7) is 6.62. The van der Waals surface area contributed by atoms with E-state index in [9.17, 15) is 4.79 Å². The van der Waals surface area contributed by atoms with Crippen LogP contribution in [0.2, 0.25) is 0 Å². The van der Waals surface area contributed by atoms with E-state index in [2.05, 4.69) is 14.9 Å². The lowest BCUT2D eigenvalue weighted by atomic mass is 10.2. The molecule has 0 atom stereocenters. The van der Waals surface area contributed by atoms with Crippen molar-refractivity contribution in [2.24, 2.45) is 0 Å². The van der Waals surface area contributed by atoms with Crippen LogP contribution in [0.4, 0.5) is 5.82 Å². The summed E-state index contributed by atoms with van der Waals surface area (Å²) in [4.78, 5) is 25.0. The molecule has 2 aromatic rings. The van der Waals surface area contributed by atoms with Crippen molar-refractivity contribution < 1.29 is 14.3 Å². The molecular weight excluding hydrogens is 332 g/mol. The Balaban J connectivity index is 1.53. The Morgan fingerprint density at radius 3 is 2.58 bits per heavy atom. The number of piperazine rings is 1. The highest BCUT2D eigenvalue weighted by atomic mass is 16.5. The minimum Gasteiger partial charge on any atom is -0.484 e. The van der Waals surface area contributed by atoms with Gasteiger partial charge in [-0.3, -0.25) is 4.79 Å². The van der Waals surface area contributed by atoms with Gasteiger partial charge in [0.05, 0.1) is 7.11 Å². The second-order valence-corrected chi connectivity index (χ2v) is 6.29. The van der Waals surface area contributed by atoms with Crippen molar-refractivity contribution in [2.75, 3.05) is 44.8 Å². The van der Waals surface area contributed by atoms with Crippen molar-refractivity contribution in [3.63, 3.8) is 0 Å². The average Bonchev–Trinajstić information content (AvgIpc) is 2.65. The van der Waals surface area contributed by atoms with Crippen molar-refractivity contribution in [1.29, 1.82) is 0 Å². The highest BCUT2D eigenvalue weighted by molar-refractivity contribution is 5.78. The van der Waals surface area contributed by atoms with Crippen LogP contribution in [0, 0.1) is 13.8 Å². The molecule has 1 saturated heterocycles. The number of amides is 1. The SMILES string of the molecule is COc1cc(N2CCN(C(=O)COc3cccc(C)c3)CC2)nc(C)n1. The zero-order valence-electron chi connectivity index (χ0n) is 15.4. The van der Waals surface area contributed by atoms with Gasteiger partial charge < -0.3 is 19.3 Å². The van der Waals surface area contributed by atoms with Crippen LogP contribution < -0.4 is 14.4 Å². The molecule has 1 aromatic heterocycles. The molecule has 0 bridgehead atoms. The number of nitrogens with zero attached hydrogens (tertiary/aromatic N) is 4. The fourth-order valence-corrected chi connectivity index (χ4v) is 2.92. The number of hydrogen-bond acceptors (Lipinski definition) is 6. The maximum Gasteiger partial charge on any atom is 0.260 e. The first kappa shape index (κ1) is 18.0. The minimum atomic E-state index is 0.00241. The van der Waals surface area contributed by atoms with Crippen LogP contribution in [-0.2, 0) is 4.79 Å². The quantitative estimate of drug-likeness (QED) is 0.814. The first-order valence-corrected chi connectivity index (χ1v) is 8.67. The Bertz CT molecular complexity index is 773. The van der Waals surface area contributed by atoms with Gasteiger partial charge in [-0.1, -0.05) is 12.1 Å². The molecule has 2 heterocycles. The Morgan fingerprint density at radius 2 is 1.88 bits per heavy atom. The van der Waals surface area contributed by atoms with Gasteiger partial charge in [-0.05, 0) is 31.5 Å². The highest BCUT2D eigenvalue weighted by Gasteiger charge is 2.23. The molecule has 3 rings (SSSR count). The third-order valence-corrected chi connectivity index (χ3v) is 4.32. The molecule has 0 unspecified atom stereocenters. The number of aryl methyl sites for hydroxylation is 2. The Labute approximate surface area is 153 Å². The Hall–Kier alpha value is -2.83. The van der Waals surface area contributed by atoms with Gasteiger partial charge in [0, 0.05) is 32.2 Å². The monoisotopic (exact) mass is 356 g/mol. The molecule has 1 fully saturated rings. The van der Waals surface area contributed by atoms with Gasteiger partial charge in [0.2, 0.25) is 5.88 Å². The van der Waals surface area contributed by atoms with E-state index in [0.717, 1.165) is 30.2 Å².